The van der Waals surface area contributed by atoms with Crippen LogP contribution in [0.5, 0.6) is 0 Å². The molecule has 105 valence electrons. The highest BCUT2D eigenvalue weighted by Gasteiger charge is 2.33. The third-order valence-electron chi connectivity index (χ3n) is 2.66. The van der Waals surface area contributed by atoms with Crippen LogP contribution >= 0.6 is 0 Å². The molecule has 6 heteroatoms. The maximum Gasteiger partial charge on any atom is 0.419 e. The van der Waals surface area contributed by atoms with E-state index in [1.54, 1.807) is 18.2 Å². The molecule has 0 aliphatic rings. The summed E-state index contributed by atoms with van der Waals surface area (Å²) in [5.41, 5.74) is 5.82. The summed E-state index contributed by atoms with van der Waals surface area (Å²) in [4.78, 5) is 0. The van der Waals surface area contributed by atoms with Crippen molar-refractivity contribution < 1.29 is 17.6 Å². The number of nitrogens with one attached hydrogen (secondary N) is 1. The first-order valence-corrected chi connectivity index (χ1v) is 5.73. The highest BCUT2D eigenvalue weighted by Crippen LogP contribution is 2.32. The predicted molar refractivity (Wildman–Crippen MR) is 68.4 cm³/mol. The van der Waals surface area contributed by atoms with Gasteiger partial charge >= 0.3 is 6.18 Å². The van der Waals surface area contributed by atoms with Crippen LogP contribution in [0, 0.1) is 11.9 Å². The summed E-state index contributed by atoms with van der Waals surface area (Å²) in [6.45, 7) is 0.323. The van der Waals surface area contributed by atoms with Crippen LogP contribution in [0.2, 0.25) is 0 Å². The molecule has 0 aliphatic heterocycles. The molecule has 0 aliphatic carbocycles. The molecule has 20 heavy (non-hydrogen) atoms. The van der Waals surface area contributed by atoms with Crippen LogP contribution in [0.3, 0.4) is 0 Å². The van der Waals surface area contributed by atoms with Crippen molar-refractivity contribution in [3.63, 3.8) is 0 Å². The third-order valence-corrected chi connectivity index (χ3v) is 2.66. The van der Waals surface area contributed by atoms with E-state index in [0.717, 1.165) is 11.6 Å². The number of hydrogen-bond acceptors (Lipinski definition) is 2. The Balaban J connectivity index is 2.10. The van der Waals surface area contributed by atoms with Gasteiger partial charge in [0.1, 0.15) is 5.82 Å². The van der Waals surface area contributed by atoms with Gasteiger partial charge in [-0.1, -0.05) is 12.1 Å². The van der Waals surface area contributed by atoms with Gasteiger partial charge in [0.05, 0.1) is 5.56 Å². The Morgan fingerprint density at radius 1 is 1.15 bits per heavy atom. The minimum atomic E-state index is -4.69. The average Bonchev–Trinajstić information content (AvgIpc) is 2.35. The van der Waals surface area contributed by atoms with E-state index in [1.165, 1.54) is 6.07 Å². The third kappa shape index (κ3) is 3.40. The van der Waals surface area contributed by atoms with Crippen LogP contribution in [0.15, 0.2) is 36.4 Å². The van der Waals surface area contributed by atoms with E-state index >= 15 is 0 Å². The lowest BCUT2D eigenvalue weighted by Crippen LogP contribution is -2.09. The average molecular weight is 283 g/mol. The Morgan fingerprint density at radius 3 is 2.50 bits per heavy atom. The summed E-state index contributed by atoms with van der Waals surface area (Å²) in [6.07, 6.45) is -4.69. The van der Waals surface area contributed by atoms with Crippen molar-refractivity contribution in [2.75, 3.05) is 11.1 Å². The number of alkyl halides is 3. The molecule has 2 rings (SSSR count). The second kappa shape index (κ2) is 5.40. The summed E-state index contributed by atoms with van der Waals surface area (Å²) in [7, 11) is 0. The molecule has 0 atom stereocenters. The molecule has 0 bridgehead atoms. The van der Waals surface area contributed by atoms with Gasteiger partial charge < -0.3 is 11.1 Å². The minimum Gasteiger partial charge on any atom is -0.398 e. The Labute approximate surface area is 113 Å². The van der Waals surface area contributed by atoms with Crippen LogP contribution < -0.4 is 11.1 Å². The van der Waals surface area contributed by atoms with Gasteiger partial charge in [-0.15, -0.1) is 0 Å². The number of nitrogen functional groups attached to an aromatic ring is 1. The maximum atomic E-state index is 13.4. The van der Waals surface area contributed by atoms with Crippen molar-refractivity contribution in [2.45, 2.75) is 12.7 Å². The number of rotatable bonds is 3. The highest BCUT2D eigenvalue weighted by molar-refractivity contribution is 5.47. The van der Waals surface area contributed by atoms with Gasteiger partial charge in [-0.3, -0.25) is 0 Å². The van der Waals surface area contributed by atoms with Gasteiger partial charge in [0, 0.05) is 24.0 Å². The van der Waals surface area contributed by atoms with Crippen LogP contribution in [0.4, 0.5) is 28.9 Å². The largest absolute Gasteiger partial charge is 0.419 e. The van der Waals surface area contributed by atoms with Crippen molar-refractivity contribution in [2.24, 2.45) is 0 Å². The zero-order valence-corrected chi connectivity index (χ0v) is 10.3. The molecule has 1 radical (unpaired) electrons. The van der Waals surface area contributed by atoms with Crippen molar-refractivity contribution in [3.8, 4) is 0 Å². The van der Waals surface area contributed by atoms with Gasteiger partial charge in [-0.05, 0) is 29.8 Å². The maximum absolute atomic E-state index is 13.4. The van der Waals surface area contributed by atoms with Crippen molar-refractivity contribution in [3.05, 3.63) is 59.4 Å². The minimum absolute atomic E-state index is 0.266. The van der Waals surface area contributed by atoms with E-state index in [1.807, 2.05) is 0 Å². The van der Waals surface area contributed by atoms with Crippen molar-refractivity contribution in [1.29, 1.82) is 0 Å². The molecule has 2 aromatic carbocycles. The molecule has 2 nitrogen and oxygen atoms in total. The van der Waals surface area contributed by atoms with Gasteiger partial charge in [-0.2, -0.15) is 13.2 Å². The smallest absolute Gasteiger partial charge is 0.398 e. The zero-order chi connectivity index (χ0) is 14.8. The monoisotopic (exact) mass is 283 g/mol. The molecule has 0 aromatic heterocycles. The summed E-state index contributed by atoms with van der Waals surface area (Å²) < 4.78 is 50.5. The van der Waals surface area contributed by atoms with E-state index < -0.39 is 17.6 Å². The summed E-state index contributed by atoms with van der Waals surface area (Å²) in [5.74, 6) is -1.30. The Morgan fingerprint density at radius 2 is 1.90 bits per heavy atom. The summed E-state index contributed by atoms with van der Waals surface area (Å²) >= 11 is 0. The molecule has 3 N–H and O–H groups in total. The second-order valence-corrected chi connectivity index (χ2v) is 4.20. The number of hydrogen-bond donors (Lipinski definition) is 2. The van der Waals surface area contributed by atoms with E-state index in [-0.39, 0.29) is 5.69 Å². The van der Waals surface area contributed by atoms with Gasteiger partial charge in [0.2, 0.25) is 0 Å². The van der Waals surface area contributed by atoms with E-state index in [9.17, 15) is 17.6 Å². The van der Waals surface area contributed by atoms with Gasteiger partial charge in [0.25, 0.3) is 0 Å². The fourth-order valence-electron chi connectivity index (χ4n) is 1.70. The number of anilines is 2. The first-order chi connectivity index (χ1) is 9.36. The number of nitrogens with two attached hydrogens (primary N) is 1. The fourth-order valence-corrected chi connectivity index (χ4v) is 1.70. The topological polar surface area (TPSA) is 38.0 Å². The van der Waals surface area contributed by atoms with Crippen molar-refractivity contribution >= 4 is 11.4 Å². The molecule has 0 fully saturated rings. The molecule has 0 spiro atoms. The first kappa shape index (κ1) is 14.2. The van der Waals surface area contributed by atoms with Crippen molar-refractivity contribution in [1.82, 2.24) is 0 Å². The van der Waals surface area contributed by atoms with Crippen LogP contribution in [-0.4, -0.2) is 0 Å². The molecule has 0 heterocycles. The van der Waals surface area contributed by atoms with Crippen LogP contribution in [0.1, 0.15) is 11.1 Å². The molecule has 0 unspecified atom stereocenters. The normalized spacial score (nSPS) is 11.4. The summed E-state index contributed by atoms with van der Waals surface area (Å²) in [6, 6.07) is 10.6. The lowest BCUT2D eigenvalue weighted by Gasteiger charge is -2.11. The molecular formula is C14H11F4N2. The van der Waals surface area contributed by atoms with Crippen LogP contribution in [0.25, 0.3) is 0 Å². The standard InChI is InChI=1S/C14H11F4N2/c15-13-7-11(4-5-12(13)14(16,17)18)20-8-9-2-1-3-10(19)6-9/h1-2,4-7,20H,8,19H2. The van der Waals surface area contributed by atoms with E-state index in [4.69, 9.17) is 5.73 Å². The first-order valence-electron chi connectivity index (χ1n) is 5.73. The summed E-state index contributed by atoms with van der Waals surface area (Å²) in [5, 5.41) is 2.83. The molecule has 0 saturated heterocycles. The number of benzene rings is 2. The molecule has 2 aromatic rings. The fraction of sp³-hybridized carbons (Fsp3) is 0.143. The lowest BCUT2D eigenvalue weighted by atomic mass is 10.1. The SMILES string of the molecule is Nc1[c]ccc(CNc2ccc(C(F)(F)F)c(F)c2)c1. The second-order valence-electron chi connectivity index (χ2n) is 4.20. The predicted octanol–water partition coefficient (Wildman–Crippen LogP) is 3.84. The lowest BCUT2D eigenvalue weighted by molar-refractivity contribution is -0.139. The molecule has 0 amide bonds. The van der Waals surface area contributed by atoms with Gasteiger partial charge in [-0.25, -0.2) is 4.39 Å². The van der Waals surface area contributed by atoms with E-state index in [2.05, 4.69) is 11.4 Å². The zero-order valence-electron chi connectivity index (χ0n) is 10.3. The Bertz CT molecular complexity index is 608. The number of halogens is 4. The Hall–Kier alpha value is -2.24. The van der Waals surface area contributed by atoms with Gasteiger partial charge in [0.15, 0.2) is 0 Å². The highest BCUT2D eigenvalue weighted by atomic mass is 19.4. The quantitative estimate of drug-likeness (QED) is 0.663. The molecular weight excluding hydrogens is 272 g/mol. The molecule has 0 saturated carbocycles. The van der Waals surface area contributed by atoms with Crippen LogP contribution in [-0.2, 0) is 12.7 Å². The Kier molecular flexibility index (Phi) is 3.83. The van der Waals surface area contributed by atoms with E-state index in [0.29, 0.717) is 18.3 Å².